The number of rotatable bonds is 2. The molecule has 0 bridgehead atoms. The van der Waals surface area contributed by atoms with Crippen molar-refractivity contribution in [2.75, 3.05) is 0 Å². The SMILES string of the molecule is Cn1ncc(C2=CC(=O)CCC2)c1S(N)(=O)=O. The molecule has 2 rings (SSSR count). The minimum absolute atomic E-state index is 0.00970. The number of ketones is 1. The molecular formula is C10H13N3O3S. The monoisotopic (exact) mass is 255 g/mol. The highest BCUT2D eigenvalue weighted by atomic mass is 32.2. The van der Waals surface area contributed by atoms with Crippen LogP contribution in [0, 0.1) is 0 Å². The molecule has 0 fully saturated rings. The van der Waals surface area contributed by atoms with E-state index < -0.39 is 10.0 Å². The molecule has 0 unspecified atom stereocenters. The van der Waals surface area contributed by atoms with Crippen LogP contribution in [-0.2, 0) is 21.9 Å². The van der Waals surface area contributed by atoms with Gasteiger partial charge in [-0.15, -0.1) is 0 Å². The van der Waals surface area contributed by atoms with E-state index in [4.69, 9.17) is 5.14 Å². The number of aromatic nitrogens is 2. The molecule has 0 amide bonds. The Morgan fingerprint density at radius 3 is 2.71 bits per heavy atom. The Morgan fingerprint density at radius 1 is 1.41 bits per heavy atom. The van der Waals surface area contributed by atoms with Crippen molar-refractivity contribution in [3.05, 3.63) is 17.8 Å². The third-order valence-electron chi connectivity index (χ3n) is 2.70. The summed E-state index contributed by atoms with van der Waals surface area (Å²) < 4.78 is 24.1. The van der Waals surface area contributed by atoms with E-state index in [0.717, 1.165) is 6.42 Å². The maximum Gasteiger partial charge on any atom is 0.255 e. The molecule has 2 N–H and O–H groups in total. The van der Waals surface area contributed by atoms with E-state index in [1.807, 2.05) is 0 Å². The lowest BCUT2D eigenvalue weighted by Gasteiger charge is -2.11. The van der Waals surface area contributed by atoms with Crippen molar-refractivity contribution in [2.45, 2.75) is 24.3 Å². The Balaban J connectivity index is 2.58. The number of allylic oxidation sites excluding steroid dienone is 2. The zero-order valence-corrected chi connectivity index (χ0v) is 10.2. The quantitative estimate of drug-likeness (QED) is 0.816. The highest BCUT2D eigenvalue weighted by molar-refractivity contribution is 7.89. The van der Waals surface area contributed by atoms with Gasteiger partial charge in [0.05, 0.1) is 6.20 Å². The molecule has 1 aliphatic rings. The van der Waals surface area contributed by atoms with Gasteiger partial charge < -0.3 is 0 Å². The number of hydrogen-bond acceptors (Lipinski definition) is 4. The van der Waals surface area contributed by atoms with Gasteiger partial charge in [0.1, 0.15) is 0 Å². The predicted octanol–water partition coefficient (Wildman–Crippen LogP) is 0.204. The van der Waals surface area contributed by atoms with Gasteiger partial charge >= 0.3 is 0 Å². The summed E-state index contributed by atoms with van der Waals surface area (Å²) in [5.41, 5.74) is 1.13. The van der Waals surface area contributed by atoms with Gasteiger partial charge in [0.2, 0.25) is 0 Å². The van der Waals surface area contributed by atoms with Gasteiger partial charge in [0.25, 0.3) is 10.0 Å². The first-order chi connectivity index (χ1) is 7.89. The van der Waals surface area contributed by atoms with E-state index in [1.165, 1.54) is 24.0 Å². The molecule has 0 aliphatic heterocycles. The molecule has 0 aromatic carbocycles. The van der Waals surface area contributed by atoms with E-state index in [9.17, 15) is 13.2 Å². The summed E-state index contributed by atoms with van der Waals surface area (Å²) >= 11 is 0. The molecule has 6 nitrogen and oxygen atoms in total. The van der Waals surface area contributed by atoms with E-state index in [1.54, 1.807) is 0 Å². The Kier molecular flexibility index (Phi) is 2.88. The second-order valence-electron chi connectivity index (χ2n) is 4.02. The normalized spacial score (nSPS) is 17.1. The van der Waals surface area contributed by atoms with Gasteiger partial charge in [0, 0.05) is 19.0 Å². The van der Waals surface area contributed by atoms with E-state index >= 15 is 0 Å². The molecular weight excluding hydrogens is 242 g/mol. The van der Waals surface area contributed by atoms with Crippen LogP contribution < -0.4 is 5.14 Å². The molecule has 17 heavy (non-hydrogen) atoms. The average Bonchev–Trinajstić information content (AvgIpc) is 2.59. The van der Waals surface area contributed by atoms with Crippen LogP contribution in [0.5, 0.6) is 0 Å². The molecule has 0 saturated heterocycles. The highest BCUT2D eigenvalue weighted by Gasteiger charge is 2.23. The number of nitrogens with zero attached hydrogens (tertiary/aromatic N) is 2. The Morgan fingerprint density at radius 2 is 2.12 bits per heavy atom. The third kappa shape index (κ3) is 2.29. The summed E-state index contributed by atoms with van der Waals surface area (Å²) in [6.45, 7) is 0. The van der Waals surface area contributed by atoms with Crippen LogP contribution in [0.2, 0.25) is 0 Å². The second kappa shape index (κ2) is 4.08. The van der Waals surface area contributed by atoms with Crippen molar-refractivity contribution in [1.82, 2.24) is 9.78 Å². The lowest BCUT2D eigenvalue weighted by atomic mass is 9.95. The number of hydrogen-bond donors (Lipinski definition) is 1. The topological polar surface area (TPSA) is 95.0 Å². The fourth-order valence-electron chi connectivity index (χ4n) is 1.99. The van der Waals surface area contributed by atoms with Crippen LogP contribution in [0.15, 0.2) is 17.3 Å². The smallest absolute Gasteiger partial charge is 0.255 e. The van der Waals surface area contributed by atoms with Gasteiger partial charge in [-0.1, -0.05) is 0 Å². The second-order valence-corrected chi connectivity index (χ2v) is 5.50. The molecule has 0 saturated carbocycles. The number of primary sulfonamides is 1. The van der Waals surface area contributed by atoms with E-state index in [0.29, 0.717) is 24.0 Å². The summed E-state index contributed by atoms with van der Waals surface area (Å²) in [5.74, 6) is 0.00970. The van der Waals surface area contributed by atoms with Crippen LogP contribution >= 0.6 is 0 Å². The minimum atomic E-state index is -3.84. The fourth-order valence-corrected chi connectivity index (χ4v) is 2.89. The predicted molar refractivity (Wildman–Crippen MR) is 61.4 cm³/mol. The summed E-state index contributed by atoms with van der Waals surface area (Å²) in [6.07, 6.45) is 4.82. The zero-order valence-electron chi connectivity index (χ0n) is 9.38. The molecule has 0 radical (unpaired) electrons. The first-order valence-corrected chi connectivity index (χ1v) is 6.73. The van der Waals surface area contributed by atoms with Gasteiger partial charge in [-0.25, -0.2) is 13.6 Å². The van der Waals surface area contributed by atoms with Crippen molar-refractivity contribution in [1.29, 1.82) is 0 Å². The van der Waals surface area contributed by atoms with Crippen molar-refractivity contribution >= 4 is 21.4 Å². The lowest BCUT2D eigenvalue weighted by Crippen LogP contribution is -2.18. The Labute approximate surface area is 99.2 Å². The van der Waals surface area contributed by atoms with Gasteiger partial charge in [-0.05, 0) is 24.5 Å². The van der Waals surface area contributed by atoms with E-state index in [-0.39, 0.29) is 10.8 Å². The molecule has 7 heteroatoms. The maximum atomic E-state index is 11.5. The van der Waals surface area contributed by atoms with Crippen molar-refractivity contribution < 1.29 is 13.2 Å². The molecule has 0 atom stereocenters. The average molecular weight is 255 g/mol. The molecule has 1 heterocycles. The molecule has 1 aliphatic carbocycles. The minimum Gasteiger partial charge on any atom is -0.295 e. The number of aryl methyl sites for hydroxylation is 1. The summed E-state index contributed by atoms with van der Waals surface area (Å²) in [5, 5.41) is 8.99. The number of carbonyl (C=O) groups excluding carboxylic acids is 1. The maximum absolute atomic E-state index is 11.5. The summed E-state index contributed by atoms with van der Waals surface area (Å²) in [4.78, 5) is 11.3. The molecule has 1 aromatic heterocycles. The molecule has 92 valence electrons. The standard InChI is InChI=1S/C10H13N3O3S/c1-13-10(17(11,15)16)9(6-12-13)7-3-2-4-8(14)5-7/h5-6H,2-4H2,1H3,(H2,11,15,16). The van der Waals surface area contributed by atoms with Gasteiger partial charge in [-0.2, -0.15) is 5.10 Å². The molecule has 1 aromatic rings. The third-order valence-corrected chi connectivity index (χ3v) is 3.73. The van der Waals surface area contributed by atoms with E-state index in [2.05, 4.69) is 5.10 Å². The Bertz CT molecular complexity index is 598. The van der Waals surface area contributed by atoms with Crippen LogP contribution in [0.4, 0.5) is 0 Å². The number of carbonyl (C=O) groups is 1. The van der Waals surface area contributed by atoms with Crippen molar-refractivity contribution in [3.8, 4) is 0 Å². The van der Waals surface area contributed by atoms with Crippen LogP contribution in [0.25, 0.3) is 5.57 Å². The van der Waals surface area contributed by atoms with Crippen LogP contribution in [0.1, 0.15) is 24.8 Å². The summed E-state index contributed by atoms with van der Waals surface area (Å²) in [6, 6.07) is 0. The van der Waals surface area contributed by atoms with Crippen LogP contribution in [0.3, 0.4) is 0 Å². The highest BCUT2D eigenvalue weighted by Crippen LogP contribution is 2.29. The summed E-state index contributed by atoms with van der Waals surface area (Å²) in [7, 11) is -2.33. The number of sulfonamides is 1. The van der Waals surface area contributed by atoms with Crippen molar-refractivity contribution in [3.63, 3.8) is 0 Å². The van der Waals surface area contributed by atoms with Gasteiger partial charge in [0.15, 0.2) is 10.8 Å². The first kappa shape index (κ1) is 12.0. The Hall–Kier alpha value is -1.47. The van der Waals surface area contributed by atoms with Gasteiger partial charge in [-0.3, -0.25) is 9.48 Å². The zero-order chi connectivity index (χ0) is 12.6. The first-order valence-electron chi connectivity index (χ1n) is 5.18. The molecule has 0 spiro atoms. The van der Waals surface area contributed by atoms with Crippen molar-refractivity contribution in [2.24, 2.45) is 12.2 Å². The van der Waals surface area contributed by atoms with Crippen LogP contribution in [-0.4, -0.2) is 24.0 Å². The largest absolute Gasteiger partial charge is 0.295 e. The number of nitrogens with two attached hydrogens (primary N) is 1. The lowest BCUT2D eigenvalue weighted by molar-refractivity contribution is -0.114. The fraction of sp³-hybridized carbons (Fsp3) is 0.400.